The van der Waals surface area contributed by atoms with Gasteiger partial charge in [-0.25, -0.2) is 4.79 Å². The first kappa shape index (κ1) is 11.4. The summed E-state index contributed by atoms with van der Waals surface area (Å²) in [6.07, 6.45) is 1.79. The van der Waals surface area contributed by atoms with Gasteiger partial charge >= 0.3 is 5.97 Å². The molecular formula is C12H15N3O2. The lowest BCUT2D eigenvalue weighted by atomic mass is 10.2. The molecule has 2 rings (SSSR count). The monoisotopic (exact) mass is 233 g/mol. The van der Waals surface area contributed by atoms with Gasteiger partial charge in [0.05, 0.1) is 17.9 Å². The quantitative estimate of drug-likeness (QED) is 0.875. The van der Waals surface area contributed by atoms with Gasteiger partial charge in [-0.2, -0.15) is 5.10 Å². The second kappa shape index (κ2) is 4.08. The van der Waals surface area contributed by atoms with E-state index in [2.05, 4.69) is 5.10 Å². The number of rotatable bonds is 3. The summed E-state index contributed by atoms with van der Waals surface area (Å²) in [5, 5.41) is 13.4. The van der Waals surface area contributed by atoms with Crippen molar-refractivity contribution in [2.45, 2.75) is 20.4 Å². The van der Waals surface area contributed by atoms with E-state index in [4.69, 9.17) is 5.11 Å². The van der Waals surface area contributed by atoms with Crippen LogP contribution in [0, 0.1) is 13.8 Å². The van der Waals surface area contributed by atoms with Crippen molar-refractivity contribution in [3.63, 3.8) is 0 Å². The Bertz CT molecular complexity index is 566. The van der Waals surface area contributed by atoms with Crippen molar-refractivity contribution in [3.8, 4) is 0 Å². The molecule has 2 aromatic rings. The first-order valence-corrected chi connectivity index (χ1v) is 5.37. The van der Waals surface area contributed by atoms with Crippen LogP contribution < -0.4 is 0 Å². The van der Waals surface area contributed by atoms with E-state index in [0.717, 1.165) is 17.0 Å². The van der Waals surface area contributed by atoms with E-state index in [-0.39, 0.29) is 0 Å². The number of hydrogen-bond donors (Lipinski definition) is 1. The van der Waals surface area contributed by atoms with Crippen molar-refractivity contribution in [1.82, 2.24) is 14.3 Å². The first-order valence-electron chi connectivity index (χ1n) is 5.37. The van der Waals surface area contributed by atoms with Gasteiger partial charge in [0.15, 0.2) is 0 Å². The second-order valence-corrected chi connectivity index (χ2v) is 4.18. The van der Waals surface area contributed by atoms with Gasteiger partial charge < -0.3 is 9.67 Å². The molecule has 5 nitrogen and oxygen atoms in total. The van der Waals surface area contributed by atoms with Gasteiger partial charge in [-0.3, -0.25) is 4.68 Å². The molecule has 2 aromatic heterocycles. The molecule has 0 aromatic carbocycles. The lowest BCUT2D eigenvalue weighted by molar-refractivity contribution is 0.0685. The van der Waals surface area contributed by atoms with E-state index in [0.29, 0.717) is 12.2 Å². The maximum absolute atomic E-state index is 11.1. The molecule has 0 aliphatic rings. The Morgan fingerprint density at radius 3 is 2.71 bits per heavy atom. The Hall–Kier alpha value is -2.04. The molecule has 0 amide bonds. The maximum Gasteiger partial charge on any atom is 0.352 e. The molecule has 17 heavy (non-hydrogen) atoms. The average Bonchev–Trinajstić information content (AvgIpc) is 2.71. The van der Waals surface area contributed by atoms with Crippen molar-refractivity contribution in [2.24, 2.45) is 7.05 Å². The Morgan fingerprint density at radius 2 is 2.18 bits per heavy atom. The van der Waals surface area contributed by atoms with Gasteiger partial charge in [0.25, 0.3) is 0 Å². The zero-order chi connectivity index (χ0) is 12.6. The summed E-state index contributed by atoms with van der Waals surface area (Å²) in [7, 11) is 1.86. The summed E-state index contributed by atoms with van der Waals surface area (Å²) >= 11 is 0. The fourth-order valence-corrected chi connectivity index (χ4v) is 1.99. The molecular weight excluding hydrogens is 218 g/mol. The molecule has 5 heteroatoms. The molecule has 0 saturated heterocycles. The molecule has 0 radical (unpaired) electrons. The SMILES string of the molecule is Cc1cc(Cn2ccc(C)c2C(=O)O)n(C)n1. The molecule has 0 aliphatic heterocycles. The normalized spacial score (nSPS) is 10.8. The van der Waals surface area contributed by atoms with Gasteiger partial charge in [0.1, 0.15) is 5.69 Å². The smallest absolute Gasteiger partial charge is 0.352 e. The molecule has 0 unspecified atom stereocenters. The summed E-state index contributed by atoms with van der Waals surface area (Å²) in [5.74, 6) is -0.897. The van der Waals surface area contributed by atoms with E-state index < -0.39 is 5.97 Å². The minimum atomic E-state index is -0.897. The third-order valence-corrected chi connectivity index (χ3v) is 2.80. The number of hydrogen-bond acceptors (Lipinski definition) is 2. The summed E-state index contributed by atoms with van der Waals surface area (Å²) < 4.78 is 3.50. The highest BCUT2D eigenvalue weighted by molar-refractivity contribution is 5.87. The van der Waals surface area contributed by atoms with Crippen LogP contribution in [-0.2, 0) is 13.6 Å². The lowest BCUT2D eigenvalue weighted by Crippen LogP contribution is -2.12. The topological polar surface area (TPSA) is 60.1 Å². The fourth-order valence-electron chi connectivity index (χ4n) is 1.99. The number of aromatic carboxylic acids is 1. The molecule has 0 atom stereocenters. The van der Waals surface area contributed by atoms with E-state index in [1.54, 1.807) is 22.4 Å². The third-order valence-electron chi connectivity index (χ3n) is 2.80. The first-order chi connectivity index (χ1) is 7.99. The molecule has 0 fully saturated rings. The van der Waals surface area contributed by atoms with Crippen LogP contribution in [0.15, 0.2) is 18.3 Å². The summed E-state index contributed by atoms with van der Waals surface area (Å²) in [6.45, 7) is 4.24. The number of aromatic nitrogens is 3. The number of carbonyl (C=O) groups is 1. The minimum Gasteiger partial charge on any atom is -0.477 e. The number of carboxylic acids is 1. The van der Waals surface area contributed by atoms with Crippen LogP contribution in [0.1, 0.15) is 27.4 Å². The summed E-state index contributed by atoms with van der Waals surface area (Å²) in [6, 6.07) is 3.77. The van der Waals surface area contributed by atoms with Crippen molar-refractivity contribution >= 4 is 5.97 Å². The third kappa shape index (κ3) is 2.08. The molecule has 0 saturated carbocycles. The molecule has 1 N–H and O–H groups in total. The molecule has 0 aliphatic carbocycles. The van der Waals surface area contributed by atoms with E-state index in [1.807, 2.05) is 26.1 Å². The van der Waals surface area contributed by atoms with Crippen molar-refractivity contribution < 1.29 is 9.90 Å². The van der Waals surface area contributed by atoms with Crippen LogP contribution in [0.5, 0.6) is 0 Å². The van der Waals surface area contributed by atoms with Crippen LogP contribution in [-0.4, -0.2) is 25.4 Å². The predicted molar refractivity (Wildman–Crippen MR) is 63.2 cm³/mol. The van der Waals surface area contributed by atoms with Crippen molar-refractivity contribution in [3.05, 3.63) is 41.0 Å². The van der Waals surface area contributed by atoms with Crippen LogP contribution in [0.2, 0.25) is 0 Å². The Morgan fingerprint density at radius 1 is 1.47 bits per heavy atom. The number of nitrogens with zero attached hydrogens (tertiary/aromatic N) is 3. The van der Waals surface area contributed by atoms with Crippen LogP contribution in [0.4, 0.5) is 0 Å². The minimum absolute atomic E-state index is 0.337. The summed E-state index contributed by atoms with van der Waals surface area (Å²) in [4.78, 5) is 11.1. The van der Waals surface area contributed by atoms with Gasteiger partial charge in [0, 0.05) is 13.2 Å². The van der Waals surface area contributed by atoms with Crippen molar-refractivity contribution in [2.75, 3.05) is 0 Å². The Labute approximate surface area is 99.3 Å². The number of aryl methyl sites for hydroxylation is 3. The standard InChI is InChI=1S/C12H15N3O2/c1-8-4-5-15(11(8)12(16)17)7-10-6-9(2)13-14(10)3/h4-6H,7H2,1-3H3,(H,16,17). The van der Waals surface area contributed by atoms with Gasteiger partial charge in [-0.1, -0.05) is 0 Å². The highest BCUT2D eigenvalue weighted by atomic mass is 16.4. The van der Waals surface area contributed by atoms with E-state index in [9.17, 15) is 4.79 Å². The van der Waals surface area contributed by atoms with Gasteiger partial charge in [-0.05, 0) is 31.5 Å². The van der Waals surface area contributed by atoms with E-state index in [1.165, 1.54) is 0 Å². The lowest BCUT2D eigenvalue weighted by Gasteiger charge is -2.07. The number of carboxylic acid groups (broad SMARTS) is 1. The van der Waals surface area contributed by atoms with Crippen LogP contribution in [0.25, 0.3) is 0 Å². The Balaban J connectivity index is 2.36. The van der Waals surface area contributed by atoms with Crippen molar-refractivity contribution in [1.29, 1.82) is 0 Å². The summed E-state index contributed by atoms with van der Waals surface area (Å²) in [5.41, 5.74) is 3.03. The van der Waals surface area contributed by atoms with Gasteiger partial charge in [0.2, 0.25) is 0 Å². The maximum atomic E-state index is 11.1. The highest BCUT2D eigenvalue weighted by Crippen LogP contribution is 2.13. The second-order valence-electron chi connectivity index (χ2n) is 4.18. The van der Waals surface area contributed by atoms with Gasteiger partial charge in [-0.15, -0.1) is 0 Å². The highest BCUT2D eigenvalue weighted by Gasteiger charge is 2.14. The Kier molecular flexibility index (Phi) is 2.75. The average molecular weight is 233 g/mol. The molecule has 2 heterocycles. The van der Waals surface area contributed by atoms with Crippen LogP contribution >= 0.6 is 0 Å². The zero-order valence-electron chi connectivity index (χ0n) is 10.1. The largest absolute Gasteiger partial charge is 0.477 e. The molecule has 90 valence electrons. The van der Waals surface area contributed by atoms with E-state index >= 15 is 0 Å². The molecule has 0 bridgehead atoms. The molecule has 0 spiro atoms. The van der Waals surface area contributed by atoms with Crippen LogP contribution in [0.3, 0.4) is 0 Å². The zero-order valence-corrected chi connectivity index (χ0v) is 10.1. The fraction of sp³-hybridized carbons (Fsp3) is 0.333. The predicted octanol–water partition coefficient (Wildman–Crippen LogP) is 1.58.